The van der Waals surface area contributed by atoms with Crippen molar-refractivity contribution in [1.82, 2.24) is 0 Å². The van der Waals surface area contributed by atoms with Crippen molar-refractivity contribution >= 4 is 27.4 Å². The smallest absolute Gasteiger partial charge is 0.335 e. The quantitative estimate of drug-likeness (QED) is 0.830. The first-order chi connectivity index (χ1) is 11.2. The molecule has 0 saturated carbocycles. The lowest BCUT2D eigenvalue weighted by Gasteiger charge is -2.25. The number of carbonyl (C=O) groups excluding carboxylic acids is 1. The molecule has 0 spiro atoms. The second kappa shape index (κ2) is 7.31. The van der Waals surface area contributed by atoms with E-state index in [2.05, 4.69) is 5.32 Å². The minimum atomic E-state index is -3.63. The molecule has 1 fully saturated rings. The number of carboxylic acid groups (broad SMARTS) is 1. The first-order valence-corrected chi connectivity index (χ1v) is 9.29. The standard InChI is InChI=1S/C16H21NO6S/c1-10-3-4-12(16(19)20)9-14(10)17-15(18)11(2)24(21,22)13-5-7-23-8-6-13/h3-4,9,11,13H,5-8H2,1-2H3,(H,17,18)(H,19,20). The van der Waals surface area contributed by atoms with Gasteiger partial charge in [0.15, 0.2) is 9.84 Å². The summed E-state index contributed by atoms with van der Waals surface area (Å²) in [5, 5.41) is 9.76. The topological polar surface area (TPSA) is 110 Å². The van der Waals surface area contributed by atoms with E-state index >= 15 is 0 Å². The van der Waals surface area contributed by atoms with Gasteiger partial charge in [-0.15, -0.1) is 0 Å². The van der Waals surface area contributed by atoms with Crippen LogP contribution >= 0.6 is 0 Å². The van der Waals surface area contributed by atoms with Crippen LogP contribution in [0.3, 0.4) is 0 Å². The Bertz CT molecular complexity index is 737. The van der Waals surface area contributed by atoms with Crippen LogP contribution < -0.4 is 5.32 Å². The Kier molecular flexibility index (Phi) is 5.61. The maximum Gasteiger partial charge on any atom is 0.335 e. The van der Waals surface area contributed by atoms with Crippen molar-refractivity contribution in [3.05, 3.63) is 29.3 Å². The lowest BCUT2D eigenvalue weighted by Crippen LogP contribution is -2.41. The van der Waals surface area contributed by atoms with Crippen LogP contribution in [0.4, 0.5) is 5.69 Å². The number of carboxylic acids is 1. The normalized spacial score (nSPS) is 17.2. The van der Waals surface area contributed by atoms with Crippen molar-refractivity contribution in [3.8, 4) is 0 Å². The lowest BCUT2D eigenvalue weighted by molar-refractivity contribution is -0.115. The Morgan fingerprint density at radius 1 is 1.29 bits per heavy atom. The molecular formula is C16H21NO6S. The maximum atomic E-state index is 12.6. The number of nitrogens with one attached hydrogen (secondary N) is 1. The molecule has 1 aromatic carbocycles. The molecule has 1 aliphatic heterocycles. The number of ether oxygens (including phenoxy) is 1. The zero-order valence-corrected chi connectivity index (χ0v) is 14.4. The van der Waals surface area contributed by atoms with E-state index in [4.69, 9.17) is 9.84 Å². The number of amides is 1. The van der Waals surface area contributed by atoms with E-state index in [1.807, 2.05) is 0 Å². The van der Waals surface area contributed by atoms with Gasteiger partial charge in [-0.05, 0) is 44.4 Å². The van der Waals surface area contributed by atoms with Gasteiger partial charge < -0.3 is 15.2 Å². The van der Waals surface area contributed by atoms with Gasteiger partial charge in [-0.3, -0.25) is 4.79 Å². The zero-order valence-electron chi connectivity index (χ0n) is 13.6. The van der Waals surface area contributed by atoms with Crippen molar-refractivity contribution in [2.45, 2.75) is 37.2 Å². The molecular weight excluding hydrogens is 334 g/mol. The van der Waals surface area contributed by atoms with E-state index in [9.17, 15) is 18.0 Å². The summed E-state index contributed by atoms with van der Waals surface area (Å²) in [6.07, 6.45) is 0.765. The molecule has 1 amide bonds. The summed E-state index contributed by atoms with van der Waals surface area (Å²) in [4.78, 5) is 23.4. The first kappa shape index (κ1) is 18.4. The minimum absolute atomic E-state index is 0.0239. The van der Waals surface area contributed by atoms with Crippen molar-refractivity contribution in [3.63, 3.8) is 0 Å². The summed E-state index contributed by atoms with van der Waals surface area (Å²) < 4.78 is 30.3. The van der Waals surface area contributed by atoms with Crippen molar-refractivity contribution in [2.24, 2.45) is 0 Å². The number of anilines is 1. The van der Waals surface area contributed by atoms with E-state index in [0.717, 1.165) is 0 Å². The van der Waals surface area contributed by atoms with Gasteiger partial charge >= 0.3 is 5.97 Å². The van der Waals surface area contributed by atoms with Crippen LogP contribution in [0.5, 0.6) is 0 Å². The molecule has 1 heterocycles. The van der Waals surface area contributed by atoms with E-state index in [-0.39, 0.29) is 5.56 Å². The third-order valence-corrected chi connectivity index (χ3v) is 6.84. The second-order valence-electron chi connectivity index (χ2n) is 5.87. The Morgan fingerprint density at radius 3 is 2.50 bits per heavy atom. The summed E-state index contributed by atoms with van der Waals surface area (Å²) in [7, 11) is -3.63. The van der Waals surface area contributed by atoms with E-state index in [1.54, 1.807) is 13.0 Å². The second-order valence-corrected chi connectivity index (χ2v) is 8.42. The molecule has 0 radical (unpaired) electrons. The summed E-state index contributed by atoms with van der Waals surface area (Å²) in [6, 6.07) is 4.32. The molecule has 1 aromatic rings. The molecule has 1 atom stereocenters. The fourth-order valence-electron chi connectivity index (χ4n) is 2.57. The highest BCUT2D eigenvalue weighted by Gasteiger charge is 2.36. The van der Waals surface area contributed by atoms with Crippen LogP contribution in [-0.4, -0.2) is 49.1 Å². The number of rotatable bonds is 5. The summed E-state index contributed by atoms with van der Waals surface area (Å²) in [5.41, 5.74) is 0.980. The minimum Gasteiger partial charge on any atom is -0.478 e. The first-order valence-electron chi connectivity index (χ1n) is 7.68. The molecule has 132 valence electrons. The molecule has 1 unspecified atom stereocenters. The fourth-order valence-corrected chi connectivity index (χ4v) is 4.35. The highest BCUT2D eigenvalue weighted by Crippen LogP contribution is 2.22. The molecule has 1 saturated heterocycles. The Balaban J connectivity index is 2.17. The van der Waals surface area contributed by atoms with Gasteiger partial charge in [0.25, 0.3) is 0 Å². The van der Waals surface area contributed by atoms with E-state index < -0.39 is 32.2 Å². The van der Waals surface area contributed by atoms with Crippen molar-refractivity contribution in [1.29, 1.82) is 0 Å². The van der Waals surface area contributed by atoms with Gasteiger partial charge in [0.05, 0.1) is 10.8 Å². The van der Waals surface area contributed by atoms with Gasteiger partial charge in [0, 0.05) is 18.9 Å². The SMILES string of the molecule is Cc1ccc(C(=O)O)cc1NC(=O)C(C)S(=O)(=O)C1CCOCC1. The summed E-state index contributed by atoms with van der Waals surface area (Å²) in [6.45, 7) is 3.81. The fraction of sp³-hybridized carbons (Fsp3) is 0.500. The molecule has 2 N–H and O–H groups in total. The zero-order chi connectivity index (χ0) is 17.9. The van der Waals surface area contributed by atoms with Crippen LogP contribution in [0.25, 0.3) is 0 Å². The lowest BCUT2D eigenvalue weighted by atomic mass is 10.1. The van der Waals surface area contributed by atoms with Crippen molar-refractivity contribution in [2.75, 3.05) is 18.5 Å². The molecule has 24 heavy (non-hydrogen) atoms. The third kappa shape index (κ3) is 3.93. The maximum absolute atomic E-state index is 12.6. The average molecular weight is 355 g/mol. The van der Waals surface area contributed by atoms with Crippen LogP contribution in [-0.2, 0) is 19.4 Å². The number of aryl methyl sites for hydroxylation is 1. The number of hydrogen-bond acceptors (Lipinski definition) is 5. The molecule has 8 heteroatoms. The van der Waals surface area contributed by atoms with Crippen LogP contribution in [0, 0.1) is 6.92 Å². The Morgan fingerprint density at radius 2 is 1.92 bits per heavy atom. The van der Waals surface area contributed by atoms with Gasteiger partial charge in [-0.1, -0.05) is 6.07 Å². The Labute approximate surface area is 140 Å². The van der Waals surface area contributed by atoms with Crippen LogP contribution in [0.1, 0.15) is 35.7 Å². The summed E-state index contributed by atoms with van der Waals surface area (Å²) >= 11 is 0. The van der Waals surface area contributed by atoms with Gasteiger partial charge in [0.1, 0.15) is 5.25 Å². The number of carbonyl (C=O) groups is 2. The largest absolute Gasteiger partial charge is 0.478 e. The molecule has 0 bridgehead atoms. The van der Waals surface area contributed by atoms with Crippen molar-refractivity contribution < 1.29 is 27.9 Å². The predicted molar refractivity (Wildman–Crippen MR) is 89.0 cm³/mol. The average Bonchev–Trinajstić information content (AvgIpc) is 2.56. The third-order valence-electron chi connectivity index (χ3n) is 4.24. The Hall–Kier alpha value is -1.93. The van der Waals surface area contributed by atoms with Gasteiger partial charge in [-0.25, -0.2) is 13.2 Å². The summed E-state index contributed by atoms with van der Waals surface area (Å²) in [5.74, 6) is -1.78. The number of aromatic carboxylic acids is 1. The van der Waals surface area contributed by atoms with E-state index in [0.29, 0.717) is 37.3 Å². The molecule has 0 aromatic heterocycles. The highest BCUT2D eigenvalue weighted by molar-refractivity contribution is 7.93. The molecule has 0 aliphatic carbocycles. The number of benzene rings is 1. The van der Waals surface area contributed by atoms with E-state index in [1.165, 1.54) is 19.1 Å². The van der Waals surface area contributed by atoms with Gasteiger partial charge in [0.2, 0.25) is 5.91 Å². The monoisotopic (exact) mass is 355 g/mol. The van der Waals surface area contributed by atoms with Crippen LogP contribution in [0.2, 0.25) is 0 Å². The van der Waals surface area contributed by atoms with Crippen LogP contribution in [0.15, 0.2) is 18.2 Å². The molecule has 7 nitrogen and oxygen atoms in total. The molecule has 1 aliphatic rings. The highest BCUT2D eigenvalue weighted by atomic mass is 32.2. The predicted octanol–water partition coefficient (Wildman–Crippen LogP) is 1.61. The molecule has 2 rings (SSSR count). The van der Waals surface area contributed by atoms with Gasteiger partial charge in [-0.2, -0.15) is 0 Å². The number of hydrogen-bond donors (Lipinski definition) is 2. The number of sulfone groups is 1.